The fraction of sp³-hybridized carbons (Fsp3) is 0.143. The lowest BCUT2D eigenvalue weighted by Gasteiger charge is -2.07. The molecule has 0 N–H and O–H groups in total. The Kier molecular flexibility index (Phi) is 4.73. The summed E-state index contributed by atoms with van der Waals surface area (Å²) in [6.45, 7) is -3.21. The Labute approximate surface area is 137 Å². The third-order valence-corrected chi connectivity index (χ3v) is 2.88. The monoisotopic (exact) mass is 355 g/mol. The minimum absolute atomic E-state index is 0.0506. The van der Waals surface area contributed by atoms with Crippen LogP contribution in [0.5, 0.6) is 11.8 Å². The molecule has 11 heteroatoms. The summed E-state index contributed by atoms with van der Waals surface area (Å²) in [5, 5.41) is 7.60. The molecule has 0 amide bonds. The van der Waals surface area contributed by atoms with Crippen LogP contribution in [0.25, 0.3) is 5.69 Å². The van der Waals surface area contributed by atoms with Gasteiger partial charge < -0.3 is 9.47 Å². The van der Waals surface area contributed by atoms with Crippen LogP contribution in [0.2, 0.25) is 0 Å². The molecule has 0 bridgehead atoms. The summed E-state index contributed by atoms with van der Waals surface area (Å²) >= 11 is 0. The first kappa shape index (κ1) is 16.6. The third kappa shape index (κ3) is 4.19. The minimum Gasteiger partial charge on any atom is -0.457 e. The van der Waals surface area contributed by atoms with Crippen LogP contribution < -0.4 is 9.47 Å². The number of hydrogen-bond acceptors (Lipinski definition) is 6. The van der Waals surface area contributed by atoms with Crippen LogP contribution in [0.1, 0.15) is 5.69 Å². The van der Waals surface area contributed by atoms with Crippen LogP contribution in [-0.2, 0) is 6.61 Å². The van der Waals surface area contributed by atoms with Gasteiger partial charge in [-0.25, -0.2) is 23.4 Å². The number of ether oxygens (including phenoxy) is 2. The third-order valence-electron chi connectivity index (χ3n) is 2.88. The van der Waals surface area contributed by atoms with Crippen molar-refractivity contribution in [1.29, 1.82) is 0 Å². The summed E-state index contributed by atoms with van der Waals surface area (Å²) in [6.07, 6.45) is 3.33. The molecule has 0 radical (unpaired) electrons. The van der Waals surface area contributed by atoms with Gasteiger partial charge in [-0.05, 0) is 12.1 Å². The molecular formula is C14H9F4N5O2. The van der Waals surface area contributed by atoms with Crippen molar-refractivity contribution < 1.29 is 27.0 Å². The summed E-state index contributed by atoms with van der Waals surface area (Å²) in [7, 11) is 0. The molecule has 3 rings (SSSR count). The Morgan fingerprint density at radius 1 is 1.12 bits per heavy atom. The molecule has 0 spiro atoms. The number of benzene rings is 1. The van der Waals surface area contributed by atoms with E-state index in [-0.39, 0.29) is 18.3 Å². The van der Waals surface area contributed by atoms with Gasteiger partial charge >= 0.3 is 12.6 Å². The zero-order valence-electron chi connectivity index (χ0n) is 12.3. The van der Waals surface area contributed by atoms with E-state index in [4.69, 9.17) is 4.74 Å². The molecule has 0 aliphatic carbocycles. The molecule has 7 nitrogen and oxygen atoms in total. The van der Waals surface area contributed by atoms with E-state index < -0.39 is 24.0 Å². The SMILES string of the molecule is Fc1cnc(OCc2cn(-c3ccc(F)c(OC(F)F)c3)nn2)nc1. The standard InChI is InChI=1S/C14H9F4N5O2/c15-8-4-19-14(20-5-8)24-7-9-6-23(22-21-9)10-1-2-11(16)12(3-10)25-13(17)18/h1-6,13H,7H2. The van der Waals surface area contributed by atoms with Crippen molar-refractivity contribution in [2.24, 2.45) is 0 Å². The maximum atomic E-state index is 13.4. The lowest BCUT2D eigenvalue weighted by atomic mass is 10.3. The highest BCUT2D eigenvalue weighted by Gasteiger charge is 2.12. The van der Waals surface area contributed by atoms with Crippen molar-refractivity contribution >= 4 is 0 Å². The Morgan fingerprint density at radius 3 is 2.60 bits per heavy atom. The first-order valence-corrected chi connectivity index (χ1v) is 6.77. The lowest BCUT2D eigenvalue weighted by molar-refractivity contribution is -0.0521. The molecular weight excluding hydrogens is 346 g/mol. The number of nitrogens with zero attached hydrogens (tertiary/aromatic N) is 5. The van der Waals surface area contributed by atoms with Gasteiger partial charge in [0.1, 0.15) is 12.3 Å². The van der Waals surface area contributed by atoms with Crippen LogP contribution in [0.3, 0.4) is 0 Å². The van der Waals surface area contributed by atoms with Crippen LogP contribution in [0, 0.1) is 11.6 Å². The van der Waals surface area contributed by atoms with Crippen molar-refractivity contribution in [3.63, 3.8) is 0 Å². The number of aromatic nitrogens is 5. The molecule has 25 heavy (non-hydrogen) atoms. The van der Waals surface area contributed by atoms with Crippen LogP contribution in [0.4, 0.5) is 17.6 Å². The average molecular weight is 355 g/mol. The lowest BCUT2D eigenvalue weighted by Crippen LogP contribution is -2.05. The Bertz CT molecular complexity index is 857. The van der Waals surface area contributed by atoms with Crippen LogP contribution >= 0.6 is 0 Å². The van der Waals surface area contributed by atoms with Gasteiger partial charge in [-0.3, -0.25) is 0 Å². The summed E-state index contributed by atoms with van der Waals surface area (Å²) in [5.74, 6) is -2.14. The molecule has 0 saturated heterocycles. The second kappa shape index (κ2) is 7.11. The second-order valence-electron chi connectivity index (χ2n) is 4.62. The topological polar surface area (TPSA) is 75.0 Å². The smallest absolute Gasteiger partial charge is 0.387 e. The molecule has 2 heterocycles. The molecule has 130 valence electrons. The van der Waals surface area contributed by atoms with E-state index in [9.17, 15) is 17.6 Å². The van der Waals surface area contributed by atoms with Crippen molar-refractivity contribution in [2.75, 3.05) is 0 Å². The van der Waals surface area contributed by atoms with E-state index >= 15 is 0 Å². The quantitative estimate of drug-likeness (QED) is 0.633. The number of hydrogen-bond donors (Lipinski definition) is 0. The van der Waals surface area contributed by atoms with Gasteiger partial charge in [-0.1, -0.05) is 5.21 Å². The van der Waals surface area contributed by atoms with Gasteiger partial charge in [-0.2, -0.15) is 8.78 Å². The van der Waals surface area contributed by atoms with Gasteiger partial charge in [0.15, 0.2) is 17.4 Å². The number of halogens is 4. The molecule has 0 saturated carbocycles. The summed E-state index contributed by atoms with van der Waals surface area (Å²) in [5.41, 5.74) is 0.613. The maximum Gasteiger partial charge on any atom is 0.387 e. The van der Waals surface area contributed by atoms with Gasteiger partial charge in [0.25, 0.3) is 0 Å². The zero-order valence-corrected chi connectivity index (χ0v) is 12.3. The predicted octanol–water partition coefficient (Wildman–Crippen LogP) is 2.52. The average Bonchev–Trinajstić information content (AvgIpc) is 3.05. The van der Waals surface area contributed by atoms with Gasteiger partial charge in [0.05, 0.1) is 24.3 Å². The van der Waals surface area contributed by atoms with E-state index in [1.807, 2.05) is 0 Å². The highest BCUT2D eigenvalue weighted by atomic mass is 19.3. The number of alkyl halides is 2. The van der Waals surface area contributed by atoms with Crippen molar-refractivity contribution in [1.82, 2.24) is 25.0 Å². The molecule has 0 unspecified atom stereocenters. The minimum atomic E-state index is -3.15. The molecule has 1 aromatic carbocycles. The molecule has 2 aromatic heterocycles. The molecule has 3 aromatic rings. The highest BCUT2D eigenvalue weighted by Crippen LogP contribution is 2.22. The summed E-state index contributed by atoms with van der Waals surface area (Å²) < 4.78 is 61.1. The molecule has 0 aliphatic heterocycles. The highest BCUT2D eigenvalue weighted by molar-refractivity contribution is 5.39. The first-order valence-electron chi connectivity index (χ1n) is 6.77. The van der Waals surface area contributed by atoms with E-state index in [0.29, 0.717) is 5.69 Å². The molecule has 0 atom stereocenters. The summed E-state index contributed by atoms with van der Waals surface area (Å²) in [4.78, 5) is 7.23. The van der Waals surface area contributed by atoms with Crippen LogP contribution in [-0.4, -0.2) is 31.6 Å². The van der Waals surface area contributed by atoms with E-state index in [1.165, 1.54) is 16.9 Å². The van der Waals surface area contributed by atoms with E-state index in [2.05, 4.69) is 25.0 Å². The fourth-order valence-corrected chi connectivity index (χ4v) is 1.83. The zero-order chi connectivity index (χ0) is 17.8. The van der Waals surface area contributed by atoms with Crippen molar-refractivity contribution in [2.45, 2.75) is 13.2 Å². The van der Waals surface area contributed by atoms with Gasteiger partial charge in [0, 0.05) is 6.07 Å². The van der Waals surface area contributed by atoms with E-state index in [0.717, 1.165) is 24.5 Å². The predicted molar refractivity (Wildman–Crippen MR) is 74.3 cm³/mol. The summed E-state index contributed by atoms with van der Waals surface area (Å²) in [6, 6.07) is 3.29. The normalized spacial score (nSPS) is 10.9. The van der Waals surface area contributed by atoms with Crippen LogP contribution in [0.15, 0.2) is 36.8 Å². The fourth-order valence-electron chi connectivity index (χ4n) is 1.83. The maximum absolute atomic E-state index is 13.4. The van der Waals surface area contributed by atoms with Gasteiger partial charge in [0.2, 0.25) is 0 Å². The molecule has 0 fully saturated rings. The first-order chi connectivity index (χ1) is 12.0. The molecule has 0 aliphatic rings. The van der Waals surface area contributed by atoms with Crippen molar-refractivity contribution in [3.05, 3.63) is 54.1 Å². The van der Waals surface area contributed by atoms with Crippen molar-refractivity contribution in [3.8, 4) is 17.4 Å². The number of rotatable bonds is 6. The second-order valence-corrected chi connectivity index (χ2v) is 4.62. The largest absolute Gasteiger partial charge is 0.457 e. The Balaban J connectivity index is 1.71. The Hall–Kier alpha value is -3.24. The Morgan fingerprint density at radius 2 is 1.88 bits per heavy atom. The van der Waals surface area contributed by atoms with Gasteiger partial charge in [-0.15, -0.1) is 5.10 Å². The van der Waals surface area contributed by atoms with E-state index in [1.54, 1.807) is 0 Å².